The van der Waals surface area contributed by atoms with Gasteiger partial charge in [-0.25, -0.2) is 19.7 Å². The van der Waals surface area contributed by atoms with Crippen molar-refractivity contribution >= 4 is 79.8 Å². The Bertz CT molecular complexity index is 3750. The van der Waals surface area contributed by atoms with Gasteiger partial charge in [0, 0.05) is 120 Å². The number of hydrazine groups is 1. The number of hydrogen-bond acceptors (Lipinski definition) is 25. The number of piperidine rings is 1. The number of benzene rings is 2. The number of ether oxygens (including phenoxy) is 5. The van der Waals surface area contributed by atoms with Crippen LogP contribution < -0.4 is 25.8 Å². The summed E-state index contributed by atoms with van der Waals surface area (Å²) in [7, 11) is 7.42. The highest BCUT2D eigenvalue weighted by molar-refractivity contribution is 8.76. The number of H-pyrrole nitrogens is 1. The van der Waals surface area contributed by atoms with Gasteiger partial charge in [0.25, 0.3) is 5.91 Å². The molecule has 8 heterocycles. The number of amides is 3. The Kier molecular flexibility index (Phi) is 22.4. The molecule has 2 aromatic carbocycles. The number of aromatic amines is 1. The number of aliphatic hydroxyl groups is 6. The monoisotopic (exact) mass is 1430 g/mol. The standard InChI is InChI=1S/C68H92N10O20S2/c1-7-38(28-49(80)81)55(85)70-45(29-39-35-78(74-71-39)23-24-96-57-52(84)50(82)51(83)53(98-57)56(86)87)47(79)16-12-26-99-100-27-25-97-63(91)73-72-61(89)68(93)59-66(19-22-77-20-13-18-65(9-3,58(66)77)60(68)88)42-30-43(48(94-5)31-46(42)75(59)4)67(62(90)95-6)33-37-32-64(92,8-2)36-76(34-37)21-17-41-40-14-10-11-15-44(40)69-54(41)67/h10-11,13-15,18,30-31,35,37-38,45,50-53,57-60,69,82-84,88,92-93H,7-9,12,16-17,19-29,32-34,36H2,1-6H3,(H,70,85)(H,72,89)(H,73,91)(H,80,81)(H,86,87)/t37-,38+,45+,50+,51?,52+,53?,57?,58+,59-,60-,64+,65-,66-,67+,68+/m1/s1. The number of para-hydroxylation sites is 1. The molecule has 17 atom stereocenters. The smallest absolute Gasteiger partial charge is 0.426 e. The van der Waals surface area contributed by atoms with E-state index >= 15 is 9.59 Å². The number of methoxy groups -OCH3 is 2. The van der Waals surface area contributed by atoms with Gasteiger partial charge < -0.3 is 79.7 Å². The second-order valence-corrected chi connectivity index (χ2v) is 30.3. The highest BCUT2D eigenvalue weighted by atomic mass is 33.1. The SMILES string of the molecule is CC[C@@H](CC(=O)O)C(=O)N[C@@H](Cc1cn(CCOC2OC(C(=O)O)C(O)[C@H](O)[C@@H]2O)nn1)C(=O)CCCSSCCOC(=O)NNC(=O)[C@@]1(O)[C@H](O)[C@]2(CC)C=CCN3CC[C@@]4(c5cc([C@@]6(C(=O)OC)C[C@@H]7CN(CCc8c6[nH]c6ccccc86)C[C@](O)(CC)C7)c(OC)cc5N(C)[C@@H]14)[C@@H]32. The molecule has 32 heteroatoms. The number of esters is 1. The molecule has 546 valence electrons. The zero-order chi connectivity index (χ0) is 71.8. The maximum absolute atomic E-state index is 15.6. The molecule has 7 aliphatic rings. The lowest BCUT2D eigenvalue weighted by Crippen LogP contribution is -2.82. The maximum atomic E-state index is 15.6. The molecule has 4 aromatic rings. The van der Waals surface area contributed by atoms with Crippen LogP contribution in [0.2, 0.25) is 0 Å². The predicted octanol–water partition coefficient (Wildman–Crippen LogP) is 1.46. The first-order valence-corrected chi connectivity index (χ1v) is 36.6. The highest BCUT2D eigenvalue weighted by Gasteiger charge is 2.79. The number of fused-ring (bicyclic) bond motifs is 6. The van der Waals surface area contributed by atoms with Gasteiger partial charge in [0.15, 0.2) is 23.8 Å². The third kappa shape index (κ3) is 13.5. The van der Waals surface area contributed by atoms with Gasteiger partial charge in [0.1, 0.15) is 42.2 Å². The van der Waals surface area contributed by atoms with E-state index in [-0.39, 0.29) is 68.6 Å². The van der Waals surface area contributed by atoms with Crippen molar-refractivity contribution in [3.05, 3.63) is 82.8 Å². The molecule has 100 heavy (non-hydrogen) atoms. The minimum atomic E-state index is -2.62. The molecular weight excluding hydrogens is 1340 g/mol. The van der Waals surface area contributed by atoms with Crippen LogP contribution in [0.15, 0.2) is 54.7 Å². The first-order valence-electron chi connectivity index (χ1n) is 34.2. The van der Waals surface area contributed by atoms with Crippen molar-refractivity contribution in [3.8, 4) is 5.75 Å². The number of carbonyl (C=O) groups is 7. The van der Waals surface area contributed by atoms with E-state index in [1.165, 1.54) is 39.6 Å². The minimum Gasteiger partial charge on any atom is -0.496 e. The van der Waals surface area contributed by atoms with Gasteiger partial charge in [-0.15, -0.1) is 5.10 Å². The van der Waals surface area contributed by atoms with E-state index < -0.39 is 131 Å². The molecule has 6 aliphatic heterocycles. The van der Waals surface area contributed by atoms with Gasteiger partial charge in [-0.05, 0) is 87.1 Å². The summed E-state index contributed by atoms with van der Waals surface area (Å²) in [6, 6.07) is 9.10. The number of carbonyl (C=O) groups excluding carboxylic acids is 5. The number of rotatable bonds is 27. The Labute approximate surface area is 585 Å². The molecule has 3 amide bonds. The largest absolute Gasteiger partial charge is 0.496 e. The number of Topliss-reactive ketones (excluding diaryl/α,β-unsaturated/α-hetero) is 1. The van der Waals surface area contributed by atoms with Gasteiger partial charge in [-0.1, -0.05) is 77.9 Å². The average Bonchev–Trinajstić information content (AvgIpc) is 1.46. The van der Waals surface area contributed by atoms with Crippen molar-refractivity contribution in [2.75, 3.05) is 83.6 Å². The van der Waals surface area contributed by atoms with Gasteiger partial charge in [-0.2, -0.15) is 0 Å². The summed E-state index contributed by atoms with van der Waals surface area (Å²) in [5.74, 6) is -5.41. The Morgan fingerprint density at radius 1 is 0.900 bits per heavy atom. The van der Waals surface area contributed by atoms with Crippen LogP contribution in [0.3, 0.4) is 0 Å². The second kappa shape index (κ2) is 30.2. The van der Waals surface area contributed by atoms with Crippen LogP contribution >= 0.6 is 21.6 Å². The Balaban J connectivity index is 0.751. The third-order valence-electron chi connectivity index (χ3n) is 22.0. The van der Waals surface area contributed by atoms with Crippen LogP contribution in [-0.4, -0.2) is 257 Å². The van der Waals surface area contributed by atoms with Crippen molar-refractivity contribution in [2.45, 2.75) is 175 Å². The first-order chi connectivity index (χ1) is 47.8. The summed E-state index contributed by atoms with van der Waals surface area (Å²) in [5.41, 5.74) is 1.84. The molecule has 11 rings (SSSR count). The summed E-state index contributed by atoms with van der Waals surface area (Å²) in [6.45, 7) is 8.02. The molecule has 3 saturated heterocycles. The quantitative estimate of drug-likeness (QED) is 0.0132. The first kappa shape index (κ1) is 74.2. The van der Waals surface area contributed by atoms with Crippen LogP contribution in [0.25, 0.3) is 10.9 Å². The number of aliphatic hydroxyl groups excluding tert-OH is 4. The van der Waals surface area contributed by atoms with E-state index in [1.807, 2.05) is 61.2 Å². The summed E-state index contributed by atoms with van der Waals surface area (Å²) in [5, 5.41) is 99.8. The number of anilines is 1. The normalized spacial score (nSPS) is 31.8. The molecule has 1 aliphatic carbocycles. The second-order valence-electron chi connectivity index (χ2n) is 27.6. The predicted molar refractivity (Wildman–Crippen MR) is 363 cm³/mol. The van der Waals surface area contributed by atoms with E-state index in [0.717, 1.165) is 22.0 Å². The van der Waals surface area contributed by atoms with Gasteiger partial charge >= 0.3 is 24.0 Å². The van der Waals surface area contributed by atoms with Gasteiger partial charge in [0.05, 0.1) is 57.2 Å². The van der Waals surface area contributed by atoms with E-state index in [9.17, 15) is 64.8 Å². The summed E-state index contributed by atoms with van der Waals surface area (Å²) in [4.78, 5) is 105. The van der Waals surface area contributed by atoms with Crippen LogP contribution in [0.5, 0.6) is 5.75 Å². The van der Waals surface area contributed by atoms with E-state index in [2.05, 4.69) is 47.3 Å². The number of nitrogens with zero attached hydrogens (tertiary/aromatic N) is 6. The van der Waals surface area contributed by atoms with Crippen LogP contribution in [0, 0.1) is 17.3 Å². The Morgan fingerprint density at radius 2 is 1.67 bits per heavy atom. The van der Waals surface area contributed by atoms with Crippen molar-refractivity contribution in [1.82, 2.24) is 45.9 Å². The van der Waals surface area contributed by atoms with Crippen LogP contribution in [0.1, 0.15) is 107 Å². The molecule has 2 bridgehead atoms. The van der Waals surface area contributed by atoms with E-state index in [0.29, 0.717) is 99.7 Å². The zero-order valence-corrected chi connectivity index (χ0v) is 58.5. The summed E-state index contributed by atoms with van der Waals surface area (Å²) >= 11 is 0. The highest BCUT2D eigenvalue weighted by Crippen LogP contribution is 2.68. The lowest BCUT2D eigenvalue weighted by atomic mass is 9.47. The fourth-order valence-electron chi connectivity index (χ4n) is 17.4. The Morgan fingerprint density at radius 3 is 2.39 bits per heavy atom. The lowest BCUT2D eigenvalue weighted by Gasteiger charge is -2.63. The number of hydrogen-bond donors (Lipinski definition) is 12. The molecule has 12 N–H and O–H groups in total. The topological polar surface area (TPSA) is 420 Å². The summed E-state index contributed by atoms with van der Waals surface area (Å²) < 4.78 is 29.8. The van der Waals surface area contributed by atoms with Crippen LogP contribution in [-0.2, 0) is 77.9 Å². The molecule has 1 saturated carbocycles. The van der Waals surface area contributed by atoms with Crippen molar-refractivity contribution in [3.63, 3.8) is 0 Å². The molecular formula is C68H92N10O20S2. The third-order valence-corrected chi connectivity index (χ3v) is 24.5. The summed E-state index contributed by atoms with van der Waals surface area (Å²) in [6.07, 6.45) is -3.95. The van der Waals surface area contributed by atoms with Gasteiger partial charge in [0.2, 0.25) is 5.91 Å². The van der Waals surface area contributed by atoms with Gasteiger partial charge in [-0.3, -0.25) is 39.2 Å². The minimum absolute atomic E-state index is 0.000994. The van der Waals surface area contributed by atoms with Crippen molar-refractivity contribution < 1.29 is 98.1 Å². The number of likely N-dealkylation sites (N-methyl/N-ethyl adjacent to an activating group) is 1. The van der Waals surface area contributed by atoms with E-state index in [1.54, 1.807) is 21.1 Å². The van der Waals surface area contributed by atoms with E-state index in [4.69, 9.17) is 23.7 Å². The fourth-order valence-corrected chi connectivity index (χ4v) is 19.3. The number of ketones is 1. The fraction of sp³-hybridized carbons (Fsp3) is 0.632. The number of carboxylic acid groups (broad SMARTS) is 2. The molecule has 2 aromatic heterocycles. The maximum Gasteiger partial charge on any atom is 0.426 e. The molecule has 1 spiro atoms. The molecule has 4 fully saturated rings. The van der Waals surface area contributed by atoms with Crippen molar-refractivity contribution in [2.24, 2.45) is 17.3 Å². The average molecular weight is 1430 g/mol. The number of aromatic nitrogens is 4. The zero-order valence-electron chi connectivity index (χ0n) is 56.9. The Hall–Kier alpha value is -6.95. The number of carboxylic acids is 2. The van der Waals surface area contributed by atoms with Crippen LogP contribution in [0.4, 0.5) is 10.5 Å². The molecule has 30 nitrogen and oxygen atoms in total. The number of aliphatic carboxylic acids is 2. The molecule has 4 unspecified atom stereocenters. The van der Waals surface area contributed by atoms with Crippen molar-refractivity contribution in [1.29, 1.82) is 0 Å². The molecule has 0 radical (unpaired) electrons. The number of nitrogens with one attached hydrogen (secondary N) is 4. The lowest BCUT2D eigenvalue weighted by molar-refractivity contribution is -0.294.